The van der Waals surface area contributed by atoms with E-state index in [-0.39, 0.29) is 13.3 Å². The van der Waals surface area contributed by atoms with Crippen molar-refractivity contribution in [3.8, 4) is 0 Å². The molecule has 2 aromatic carbocycles. The first-order valence-electron chi connectivity index (χ1n) is 12.0. The number of sulfonamides is 1. The molecule has 0 aliphatic heterocycles. The molecule has 1 heterocycles. The lowest BCUT2D eigenvalue weighted by atomic mass is 9.85. The number of rotatable bonds is 10. The van der Waals surface area contributed by atoms with E-state index in [1.54, 1.807) is 30.3 Å². The average molecular weight is 533 g/mol. The fourth-order valence-corrected chi connectivity index (χ4v) is 8.86. The van der Waals surface area contributed by atoms with E-state index in [1.807, 2.05) is 12.1 Å². The van der Waals surface area contributed by atoms with Crippen LogP contribution in [0.4, 0.5) is 5.69 Å². The van der Waals surface area contributed by atoms with Gasteiger partial charge in [-0.25, -0.2) is 16.8 Å². The SMILES string of the molecule is C[C@@H](CC1CCCCC1)NCc1ccccc1NS(=O)(=O)c1ccc(S(=O)(=O)c2ccccc2)s1. The highest BCUT2D eigenvalue weighted by Gasteiger charge is 2.25. The van der Waals surface area contributed by atoms with Crippen LogP contribution in [-0.2, 0) is 26.4 Å². The van der Waals surface area contributed by atoms with E-state index in [1.165, 1.54) is 56.4 Å². The summed E-state index contributed by atoms with van der Waals surface area (Å²) in [6.45, 7) is 2.73. The largest absolute Gasteiger partial charge is 0.310 e. The molecule has 0 bridgehead atoms. The Morgan fingerprint density at radius 2 is 1.51 bits per heavy atom. The van der Waals surface area contributed by atoms with Gasteiger partial charge in [0, 0.05) is 12.6 Å². The fraction of sp³-hybridized carbons (Fsp3) is 0.385. The van der Waals surface area contributed by atoms with Gasteiger partial charge in [0.2, 0.25) is 9.84 Å². The Balaban J connectivity index is 1.45. The first-order valence-corrected chi connectivity index (χ1v) is 15.8. The van der Waals surface area contributed by atoms with Gasteiger partial charge < -0.3 is 5.32 Å². The van der Waals surface area contributed by atoms with Crippen LogP contribution in [0, 0.1) is 5.92 Å². The maximum Gasteiger partial charge on any atom is 0.271 e. The maximum atomic E-state index is 13.1. The molecule has 1 aliphatic carbocycles. The smallest absolute Gasteiger partial charge is 0.271 e. The molecule has 0 unspecified atom stereocenters. The molecule has 0 spiro atoms. The lowest BCUT2D eigenvalue weighted by Crippen LogP contribution is -2.29. The fourth-order valence-electron chi connectivity index (χ4n) is 4.57. The van der Waals surface area contributed by atoms with Crippen LogP contribution in [0.2, 0.25) is 0 Å². The van der Waals surface area contributed by atoms with Gasteiger partial charge in [-0.15, -0.1) is 11.3 Å². The van der Waals surface area contributed by atoms with Gasteiger partial charge in [-0.1, -0.05) is 68.5 Å². The zero-order valence-electron chi connectivity index (χ0n) is 19.8. The van der Waals surface area contributed by atoms with Crippen molar-refractivity contribution in [1.82, 2.24) is 5.32 Å². The zero-order chi connectivity index (χ0) is 24.9. The molecule has 6 nitrogen and oxygen atoms in total. The quantitative estimate of drug-likeness (QED) is 0.343. The average Bonchev–Trinajstić information content (AvgIpc) is 3.37. The molecule has 1 aromatic heterocycles. The standard InChI is InChI=1S/C26H32N2O4S3/c1-20(18-21-10-4-2-5-11-21)27-19-22-12-8-9-15-24(22)28-35(31,32)26-17-16-25(33-26)34(29,30)23-13-6-3-7-14-23/h3,6-9,12-17,20-21,27-28H,2,4-5,10-11,18-19H2,1H3/t20-/m0/s1. The second-order valence-corrected chi connectivity index (χ2v) is 14.3. The van der Waals surface area contributed by atoms with Crippen LogP contribution >= 0.6 is 11.3 Å². The molecule has 0 radical (unpaired) electrons. The van der Waals surface area contributed by atoms with Gasteiger partial charge >= 0.3 is 0 Å². The Hall–Kier alpha value is -2.20. The Labute approximate surface area is 212 Å². The predicted molar refractivity (Wildman–Crippen MR) is 141 cm³/mol. The van der Waals surface area contributed by atoms with Crippen molar-refractivity contribution in [2.24, 2.45) is 5.92 Å². The highest BCUT2D eigenvalue weighted by atomic mass is 32.3. The number of sulfone groups is 1. The molecule has 2 N–H and O–H groups in total. The minimum atomic E-state index is -3.94. The molecule has 188 valence electrons. The molecular formula is C26H32N2O4S3. The number of thiophene rings is 1. The molecule has 0 saturated heterocycles. The minimum Gasteiger partial charge on any atom is -0.310 e. The van der Waals surface area contributed by atoms with Crippen molar-refractivity contribution in [2.75, 3.05) is 4.72 Å². The van der Waals surface area contributed by atoms with Crippen LogP contribution in [0.15, 0.2) is 80.0 Å². The van der Waals surface area contributed by atoms with Gasteiger partial charge in [0.25, 0.3) is 10.0 Å². The van der Waals surface area contributed by atoms with Crippen molar-refractivity contribution in [2.45, 2.75) is 71.3 Å². The van der Waals surface area contributed by atoms with E-state index in [0.29, 0.717) is 18.3 Å². The summed E-state index contributed by atoms with van der Waals surface area (Å²) in [5, 5.41) is 3.54. The van der Waals surface area contributed by atoms with E-state index < -0.39 is 19.9 Å². The molecule has 3 aromatic rings. The van der Waals surface area contributed by atoms with Gasteiger partial charge in [0.1, 0.15) is 8.42 Å². The van der Waals surface area contributed by atoms with Crippen molar-refractivity contribution in [1.29, 1.82) is 0 Å². The Morgan fingerprint density at radius 3 is 2.26 bits per heavy atom. The second kappa shape index (κ2) is 11.2. The second-order valence-electron chi connectivity index (χ2n) is 9.17. The third-order valence-electron chi connectivity index (χ3n) is 6.45. The molecular weight excluding hydrogens is 500 g/mol. The Bertz CT molecular complexity index is 1330. The number of hydrogen-bond donors (Lipinski definition) is 2. The lowest BCUT2D eigenvalue weighted by molar-refractivity contribution is 0.305. The van der Waals surface area contributed by atoms with Gasteiger partial charge in [-0.2, -0.15) is 0 Å². The number of hydrogen-bond acceptors (Lipinski definition) is 6. The highest BCUT2D eigenvalue weighted by Crippen LogP contribution is 2.32. The molecule has 9 heteroatoms. The Morgan fingerprint density at radius 1 is 0.857 bits per heavy atom. The number of anilines is 1. The van der Waals surface area contributed by atoms with Gasteiger partial charge in [-0.3, -0.25) is 4.72 Å². The molecule has 0 amide bonds. The monoisotopic (exact) mass is 532 g/mol. The highest BCUT2D eigenvalue weighted by molar-refractivity contribution is 7.96. The summed E-state index contributed by atoms with van der Waals surface area (Å²) in [6, 6.07) is 18.3. The number of nitrogens with one attached hydrogen (secondary N) is 2. The van der Waals surface area contributed by atoms with Crippen LogP contribution in [-0.4, -0.2) is 22.9 Å². The van der Waals surface area contributed by atoms with E-state index in [9.17, 15) is 16.8 Å². The molecule has 1 aliphatic rings. The summed E-state index contributed by atoms with van der Waals surface area (Å²) in [7, 11) is -7.72. The summed E-state index contributed by atoms with van der Waals surface area (Å²) in [4.78, 5) is 0.137. The topological polar surface area (TPSA) is 92.3 Å². The molecule has 1 atom stereocenters. The lowest BCUT2D eigenvalue weighted by Gasteiger charge is -2.25. The van der Waals surface area contributed by atoms with Crippen LogP contribution < -0.4 is 10.0 Å². The number of para-hydroxylation sites is 1. The van der Waals surface area contributed by atoms with Gasteiger partial charge in [-0.05, 0) is 55.2 Å². The summed E-state index contributed by atoms with van der Waals surface area (Å²) in [6.07, 6.45) is 7.70. The predicted octanol–water partition coefficient (Wildman–Crippen LogP) is 5.83. The van der Waals surface area contributed by atoms with Crippen molar-refractivity contribution in [3.63, 3.8) is 0 Å². The van der Waals surface area contributed by atoms with Crippen LogP contribution in [0.25, 0.3) is 0 Å². The third kappa shape index (κ3) is 6.52. The number of benzene rings is 2. The van der Waals surface area contributed by atoms with Gasteiger partial charge in [0.05, 0.1) is 10.6 Å². The molecule has 35 heavy (non-hydrogen) atoms. The third-order valence-corrected chi connectivity index (χ3v) is 11.7. The molecule has 1 saturated carbocycles. The maximum absolute atomic E-state index is 13.1. The van der Waals surface area contributed by atoms with Crippen molar-refractivity contribution in [3.05, 3.63) is 72.3 Å². The van der Waals surface area contributed by atoms with Crippen molar-refractivity contribution < 1.29 is 16.8 Å². The summed E-state index contributed by atoms with van der Waals surface area (Å²) >= 11 is 0.750. The van der Waals surface area contributed by atoms with Gasteiger partial charge in [0.15, 0.2) is 0 Å². The first-order chi connectivity index (χ1) is 16.8. The van der Waals surface area contributed by atoms with E-state index in [4.69, 9.17) is 0 Å². The van der Waals surface area contributed by atoms with E-state index >= 15 is 0 Å². The summed E-state index contributed by atoms with van der Waals surface area (Å²) in [5.74, 6) is 0.764. The minimum absolute atomic E-state index is 0.00411. The van der Waals surface area contributed by atoms with E-state index in [2.05, 4.69) is 17.0 Å². The normalized spacial score (nSPS) is 16.1. The van der Waals surface area contributed by atoms with Crippen LogP contribution in [0.1, 0.15) is 51.0 Å². The molecule has 1 fully saturated rings. The van der Waals surface area contributed by atoms with Crippen molar-refractivity contribution >= 4 is 36.9 Å². The van der Waals surface area contributed by atoms with Crippen LogP contribution in [0.5, 0.6) is 0 Å². The first kappa shape index (κ1) is 25.9. The van der Waals surface area contributed by atoms with E-state index in [0.717, 1.165) is 29.2 Å². The summed E-state index contributed by atoms with van der Waals surface area (Å²) < 4.78 is 54.6. The van der Waals surface area contributed by atoms with Crippen LogP contribution in [0.3, 0.4) is 0 Å². The Kier molecular flexibility index (Phi) is 8.31. The molecule has 4 rings (SSSR count). The zero-order valence-corrected chi connectivity index (χ0v) is 22.3. The summed E-state index contributed by atoms with van der Waals surface area (Å²) in [5.41, 5.74) is 1.34.